The van der Waals surface area contributed by atoms with E-state index in [-0.39, 0.29) is 17.8 Å². The van der Waals surface area contributed by atoms with E-state index in [0.29, 0.717) is 22.7 Å². The van der Waals surface area contributed by atoms with Crippen molar-refractivity contribution >= 4 is 23.1 Å². The van der Waals surface area contributed by atoms with Gasteiger partial charge in [0.1, 0.15) is 23.0 Å². The topological polar surface area (TPSA) is 67.9 Å². The third-order valence-corrected chi connectivity index (χ3v) is 5.14. The highest BCUT2D eigenvalue weighted by Crippen LogP contribution is 2.32. The van der Waals surface area contributed by atoms with Crippen LogP contribution in [0.5, 0.6) is 11.5 Å². The molecule has 3 aromatic rings. The van der Waals surface area contributed by atoms with Gasteiger partial charge in [-0.2, -0.15) is 0 Å². The van der Waals surface area contributed by atoms with Gasteiger partial charge in [0, 0.05) is 11.8 Å². The maximum atomic E-state index is 13.5. The van der Waals surface area contributed by atoms with Crippen LogP contribution in [0.4, 0.5) is 10.1 Å². The summed E-state index contributed by atoms with van der Waals surface area (Å²) in [5, 5.41) is 3.07. The van der Waals surface area contributed by atoms with E-state index in [4.69, 9.17) is 9.47 Å². The van der Waals surface area contributed by atoms with Gasteiger partial charge in [-0.3, -0.25) is 14.5 Å². The first-order valence-corrected chi connectivity index (χ1v) is 9.90. The van der Waals surface area contributed by atoms with Gasteiger partial charge < -0.3 is 14.8 Å². The van der Waals surface area contributed by atoms with Crippen molar-refractivity contribution in [3.63, 3.8) is 0 Å². The molecule has 7 heteroatoms. The molecular weight excluding hydrogens is 411 g/mol. The summed E-state index contributed by atoms with van der Waals surface area (Å²) < 4.78 is 23.9. The van der Waals surface area contributed by atoms with Crippen LogP contribution in [0.2, 0.25) is 0 Å². The molecule has 162 valence electrons. The molecule has 1 N–H and O–H groups in total. The molecule has 3 aromatic carbocycles. The van der Waals surface area contributed by atoms with Crippen molar-refractivity contribution in [1.82, 2.24) is 4.90 Å². The van der Waals surface area contributed by atoms with Crippen molar-refractivity contribution < 1.29 is 23.5 Å². The molecule has 1 heterocycles. The fourth-order valence-corrected chi connectivity index (χ4v) is 3.48. The lowest BCUT2D eigenvalue weighted by atomic mass is 10.0. The molecule has 2 amide bonds. The number of carbonyl (C=O) groups is 2. The molecule has 4 rings (SSSR count). The van der Waals surface area contributed by atoms with Gasteiger partial charge in [-0.1, -0.05) is 30.3 Å². The standard InChI is InChI=1S/C25H21FN2O4/c1-31-20-12-6-16(7-13-20)15-28-24(29)22(17-8-10-18(26)11-9-17)23(25(28)30)27-19-4-3-5-21(14-19)32-2/h3-14,27H,15H2,1-2H3. The number of carbonyl (C=O) groups excluding carboxylic acids is 2. The summed E-state index contributed by atoms with van der Waals surface area (Å²) >= 11 is 0. The van der Waals surface area contributed by atoms with Gasteiger partial charge in [0.25, 0.3) is 11.8 Å². The Labute approximate surface area is 184 Å². The Morgan fingerprint density at radius 3 is 2.19 bits per heavy atom. The van der Waals surface area contributed by atoms with Crippen molar-refractivity contribution in [3.8, 4) is 11.5 Å². The van der Waals surface area contributed by atoms with Crippen LogP contribution >= 0.6 is 0 Å². The Bertz CT molecular complexity index is 1190. The largest absolute Gasteiger partial charge is 0.497 e. The highest BCUT2D eigenvalue weighted by atomic mass is 19.1. The maximum absolute atomic E-state index is 13.5. The number of nitrogens with zero attached hydrogens (tertiary/aromatic N) is 1. The molecule has 0 unspecified atom stereocenters. The van der Waals surface area contributed by atoms with E-state index in [1.165, 1.54) is 29.2 Å². The number of ether oxygens (including phenoxy) is 2. The lowest BCUT2D eigenvalue weighted by molar-refractivity contribution is -0.137. The predicted molar refractivity (Wildman–Crippen MR) is 118 cm³/mol. The van der Waals surface area contributed by atoms with Crippen LogP contribution < -0.4 is 14.8 Å². The number of anilines is 1. The molecule has 0 saturated carbocycles. The summed E-state index contributed by atoms with van der Waals surface area (Å²) in [4.78, 5) is 27.8. The Morgan fingerprint density at radius 2 is 1.53 bits per heavy atom. The molecule has 0 atom stereocenters. The van der Waals surface area contributed by atoms with Crippen molar-refractivity contribution in [2.24, 2.45) is 0 Å². The van der Waals surface area contributed by atoms with Crippen LogP contribution in [0.1, 0.15) is 11.1 Å². The van der Waals surface area contributed by atoms with Gasteiger partial charge in [-0.25, -0.2) is 4.39 Å². The predicted octanol–water partition coefficient (Wildman–Crippen LogP) is 4.24. The molecule has 0 bridgehead atoms. The lowest BCUT2D eigenvalue weighted by Crippen LogP contribution is -2.32. The fourth-order valence-electron chi connectivity index (χ4n) is 3.48. The second-order valence-electron chi connectivity index (χ2n) is 7.16. The summed E-state index contributed by atoms with van der Waals surface area (Å²) in [7, 11) is 3.11. The minimum Gasteiger partial charge on any atom is -0.497 e. The number of benzene rings is 3. The van der Waals surface area contributed by atoms with Crippen molar-refractivity contribution in [2.75, 3.05) is 19.5 Å². The lowest BCUT2D eigenvalue weighted by Gasteiger charge is -2.16. The Balaban J connectivity index is 1.71. The number of imide groups is 1. The van der Waals surface area contributed by atoms with Gasteiger partial charge in [0.05, 0.1) is 26.3 Å². The monoisotopic (exact) mass is 432 g/mol. The molecule has 0 aromatic heterocycles. The van der Waals surface area contributed by atoms with Crippen LogP contribution in [0.15, 0.2) is 78.5 Å². The first kappa shape index (κ1) is 21.1. The number of hydrogen-bond donors (Lipinski definition) is 1. The van der Waals surface area contributed by atoms with Gasteiger partial charge in [0.15, 0.2) is 0 Å². The zero-order valence-corrected chi connectivity index (χ0v) is 17.6. The van der Waals surface area contributed by atoms with E-state index in [1.807, 2.05) is 0 Å². The third kappa shape index (κ3) is 4.18. The summed E-state index contributed by atoms with van der Waals surface area (Å²) in [6.45, 7) is 0.0929. The van der Waals surface area contributed by atoms with Crippen LogP contribution in [0, 0.1) is 5.82 Å². The van der Waals surface area contributed by atoms with Gasteiger partial charge in [-0.05, 0) is 47.5 Å². The summed E-state index contributed by atoms with van der Waals surface area (Å²) in [5.74, 6) is -0.0663. The quantitative estimate of drug-likeness (QED) is 0.566. The molecule has 0 fully saturated rings. The van der Waals surface area contributed by atoms with Crippen LogP contribution in [-0.2, 0) is 16.1 Å². The summed E-state index contributed by atoms with van der Waals surface area (Å²) in [6, 6.07) is 19.7. The Kier molecular flexibility index (Phi) is 5.89. The minimum atomic E-state index is -0.465. The highest BCUT2D eigenvalue weighted by Gasteiger charge is 2.39. The molecule has 0 saturated heterocycles. The van der Waals surface area contributed by atoms with E-state index in [2.05, 4.69) is 5.32 Å². The molecule has 32 heavy (non-hydrogen) atoms. The van der Waals surface area contributed by atoms with Crippen LogP contribution in [0.3, 0.4) is 0 Å². The number of hydrogen-bond acceptors (Lipinski definition) is 5. The minimum absolute atomic E-state index is 0.0929. The Morgan fingerprint density at radius 1 is 0.844 bits per heavy atom. The first-order chi connectivity index (χ1) is 15.5. The molecule has 0 aliphatic carbocycles. The number of nitrogens with one attached hydrogen (secondary N) is 1. The molecule has 6 nitrogen and oxygen atoms in total. The van der Waals surface area contributed by atoms with Gasteiger partial charge in [-0.15, -0.1) is 0 Å². The smallest absolute Gasteiger partial charge is 0.278 e. The average molecular weight is 432 g/mol. The molecule has 0 radical (unpaired) electrons. The van der Waals surface area contributed by atoms with Crippen LogP contribution in [0.25, 0.3) is 5.57 Å². The second-order valence-corrected chi connectivity index (χ2v) is 7.16. The second kappa shape index (κ2) is 8.93. The highest BCUT2D eigenvalue weighted by molar-refractivity contribution is 6.36. The van der Waals surface area contributed by atoms with E-state index in [9.17, 15) is 14.0 Å². The average Bonchev–Trinajstić information content (AvgIpc) is 3.04. The Hall–Kier alpha value is -4.13. The maximum Gasteiger partial charge on any atom is 0.278 e. The zero-order valence-electron chi connectivity index (χ0n) is 17.6. The SMILES string of the molecule is COc1ccc(CN2C(=O)C(Nc3cccc(OC)c3)=C(c3ccc(F)cc3)C2=O)cc1. The van der Waals surface area contributed by atoms with Crippen molar-refractivity contribution in [2.45, 2.75) is 6.54 Å². The summed E-state index contributed by atoms with van der Waals surface area (Å²) in [6.07, 6.45) is 0. The van der Waals surface area contributed by atoms with Crippen molar-refractivity contribution in [3.05, 3.63) is 95.4 Å². The fraction of sp³-hybridized carbons (Fsp3) is 0.120. The third-order valence-electron chi connectivity index (χ3n) is 5.14. The number of methoxy groups -OCH3 is 2. The van der Waals surface area contributed by atoms with Gasteiger partial charge >= 0.3 is 0 Å². The van der Waals surface area contributed by atoms with Crippen molar-refractivity contribution in [1.29, 1.82) is 0 Å². The van der Waals surface area contributed by atoms with E-state index in [0.717, 1.165) is 5.56 Å². The molecular formula is C25H21FN2O4. The molecule has 1 aliphatic heterocycles. The van der Waals surface area contributed by atoms with E-state index < -0.39 is 17.6 Å². The van der Waals surface area contributed by atoms with Gasteiger partial charge in [0.2, 0.25) is 0 Å². The normalized spacial score (nSPS) is 13.5. The summed E-state index contributed by atoms with van der Waals surface area (Å²) in [5.41, 5.74) is 2.13. The van der Waals surface area contributed by atoms with E-state index >= 15 is 0 Å². The number of halogens is 1. The first-order valence-electron chi connectivity index (χ1n) is 9.90. The zero-order chi connectivity index (χ0) is 22.7. The number of rotatable bonds is 7. The van der Waals surface area contributed by atoms with Crippen LogP contribution in [-0.4, -0.2) is 30.9 Å². The molecule has 0 spiro atoms. The number of amides is 2. The molecule has 1 aliphatic rings. The van der Waals surface area contributed by atoms with E-state index in [1.54, 1.807) is 62.8 Å².